The van der Waals surface area contributed by atoms with Crippen LogP contribution in [0.5, 0.6) is 0 Å². The number of amides is 1. The molecule has 0 aliphatic carbocycles. The second-order valence-electron chi connectivity index (χ2n) is 6.04. The smallest absolute Gasteiger partial charge is 0.286 e. The van der Waals surface area contributed by atoms with E-state index in [0.717, 1.165) is 35.7 Å². The van der Waals surface area contributed by atoms with E-state index in [1.54, 1.807) is 0 Å². The monoisotopic (exact) mass is 346 g/mol. The summed E-state index contributed by atoms with van der Waals surface area (Å²) in [4.78, 5) is 12.2. The molecule has 1 amide bonds. The number of carbonyl (C=O) groups is 1. The number of nitrogens with zero attached hydrogens (tertiary/aromatic N) is 2. The third-order valence-corrected chi connectivity index (χ3v) is 4.99. The van der Waals surface area contributed by atoms with E-state index < -0.39 is 0 Å². The van der Waals surface area contributed by atoms with Crippen LogP contribution >= 0.6 is 11.3 Å². The fourth-order valence-electron chi connectivity index (χ4n) is 2.61. The summed E-state index contributed by atoms with van der Waals surface area (Å²) in [5, 5.41) is 15.5. The van der Waals surface area contributed by atoms with Crippen molar-refractivity contribution in [3.63, 3.8) is 0 Å². The second-order valence-corrected chi connectivity index (χ2v) is 7.10. The quantitative estimate of drug-likeness (QED) is 0.841. The van der Waals surface area contributed by atoms with Crippen molar-refractivity contribution in [2.75, 3.05) is 11.9 Å². The molecule has 0 bridgehead atoms. The van der Waals surface area contributed by atoms with E-state index in [1.165, 1.54) is 11.3 Å². The summed E-state index contributed by atoms with van der Waals surface area (Å²) in [5.74, 6) is -0.227. The Kier molecular flexibility index (Phi) is 5.55. The molecule has 2 heterocycles. The first-order chi connectivity index (χ1) is 11.6. The number of rotatable bonds is 6. The van der Waals surface area contributed by atoms with Crippen LogP contribution in [0.3, 0.4) is 0 Å². The first kappa shape index (κ1) is 17.0. The third-order valence-electron chi connectivity index (χ3n) is 4.07. The maximum absolute atomic E-state index is 12.2. The van der Waals surface area contributed by atoms with Crippen LogP contribution in [-0.2, 0) is 11.3 Å². The van der Waals surface area contributed by atoms with Crippen molar-refractivity contribution in [3.8, 4) is 0 Å². The van der Waals surface area contributed by atoms with Gasteiger partial charge in [0.2, 0.25) is 5.01 Å². The molecule has 0 saturated carbocycles. The van der Waals surface area contributed by atoms with Gasteiger partial charge in [0.25, 0.3) is 5.91 Å². The van der Waals surface area contributed by atoms with Crippen molar-refractivity contribution < 1.29 is 9.53 Å². The Labute approximate surface area is 145 Å². The average Bonchev–Trinajstić information content (AvgIpc) is 3.26. The van der Waals surface area contributed by atoms with Gasteiger partial charge >= 0.3 is 0 Å². The van der Waals surface area contributed by atoms with E-state index in [-0.39, 0.29) is 18.1 Å². The van der Waals surface area contributed by atoms with Crippen molar-refractivity contribution in [3.05, 3.63) is 39.8 Å². The molecule has 1 aromatic carbocycles. The van der Waals surface area contributed by atoms with Gasteiger partial charge in [-0.2, -0.15) is 0 Å². The second kappa shape index (κ2) is 7.83. The summed E-state index contributed by atoms with van der Waals surface area (Å²) in [6, 6.07) is 7.93. The van der Waals surface area contributed by atoms with E-state index in [4.69, 9.17) is 4.74 Å². The molecule has 1 aliphatic heterocycles. The maximum atomic E-state index is 12.2. The SMILES string of the molecule is Cc1ccc(NC(=O)c2nnc(CN[C@H](C)[C@H]3CCCO3)s2)cc1. The molecule has 1 fully saturated rings. The summed E-state index contributed by atoms with van der Waals surface area (Å²) >= 11 is 1.31. The molecule has 1 saturated heterocycles. The number of hydrogen-bond donors (Lipinski definition) is 2. The number of aromatic nitrogens is 2. The molecule has 0 unspecified atom stereocenters. The first-order valence-corrected chi connectivity index (χ1v) is 8.99. The van der Waals surface area contributed by atoms with Crippen molar-refractivity contribution >= 4 is 22.9 Å². The Morgan fingerprint density at radius 2 is 2.17 bits per heavy atom. The van der Waals surface area contributed by atoms with Crippen molar-refractivity contribution in [2.45, 2.75) is 45.4 Å². The van der Waals surface area contributed by atoms with Gasteiger partial charge in [-0.15, -0.1) is 10.2 Å². The Bertz CT molecular complexity index is 680. The molecule has 6 nitrogen and oxygen atoms in total. The maximum Gasteiger partial charge on any atom is 0.286 e. The normalized spacial score (nSPS) is 18.5. The molecule has 1 aliphatic rings. The number of anilines is 1. The highest BCUT2D eigenvalue weighted by Crippen LogP contribution is 2.17. The van der Waals surface area contributed by atoms with Crippen LogP contribution in [0.4, 0.5) is 5.69 Å². The topological polar surface area (TPSA) is 76.1 Å². The Hall–Kier alpha value is -1.83. The van der Waals surface area contributed by atoms with E-state index in [2.05, 4.69) is 27.8 Å². The van der Waals surface area contributed by atoms with Crippen molar-refractivity contribution in [1.82, 2.24) is 15.5 Å². The predicted molar refractivity (Wildman–Crippen MR) is 94.3 cm³/mol. The molecule has 2 atom stereocenters. The van der Waals surface area contributed by atoms with Gasteiger partial charge < -0.3 is 15.4 Å². The van der Waals surface area contributed by atoms with E-state index in [9.17, 15) is 4.79 Å². The molecule has 0 spiro atoms. The lowest BCUT2D eigenvalue weighted by Gasteiger charge is -2.19. The van der Waals surface area contributed by atoms with Crippen LogP contribution in [0.1, 0.15) is 40.1 Å². The summed E-state index contributed by atoms with van der Waals surface area (Å²) in [6.07, 6.45) is 2.48. The highest BCUT2D eigenvalue weighted by Gasteiger charge is 2.22. The lowest BCUT2D eigenvalue weighted by atomic mass is 10.1. The minimum atomic E-state index is -0.227. The standard InChI is InChI=1S/C17H22N4O2S/c1-11-5-7-13(8-6-11)19-16(22)17-21-20-15(24-17)10-18-12(2)14-4-3-9-23-14/h5-8,12,14,18H,3-4,9-10H2,1-2H3,(H,19,22)/t12-,14-/m1/s1. The summed E-state index contributed by atoms with van der Waals surface area (Å²) < 4.78 is 5.66. The average molecular weight is 346 g/mol. The van der Waals surface area contributed by atoms with Crippen molar-refractivity contribution in [2.24, 2.45) is 0 Å². The van der Waals surface area contributed by atoms with Crippen LogP contribution in [0.2, 0.25) is 0 Å². The van der Waals surface area contributed by atoms with Crippen LogP contribution < -0.4 is 10.6 Å². The highest BCUT2D eigenvalue weighted by molar-refractivity contribution is 7.13. The van der Waals surface area contributed by atoms with Crippen LogP contribution in [0, 0.1) is 6.92 Å². The van der Waals surface area contributed by atoms with E-state index >= 15 is 0 Å². The Balaban J connectivity index is 1.52. The zero-order chi connectivity index (χ0) is 16.9. The lowest BCUT2D eigenvalue weighted by molar-refractivity contribution is 0.0832. The predicted octanol–water partition coefficient (Wildman–Crippen LogP) is 2.76. The Morgan fingerprint density at radius 3 is 2.88 bits per heavy atom. The number of nitrogens with one attached hydrogen (secondary N) is 2. The van der Waals surface area contributed by atoms with Gasteiger partial charge in [-0.3, -0.25) is 4.79 Å². The summed E-state index contributed by atoms with van der Waals surface area (Å²) in [5.41, 5.74) is 1.91. The van der Waals surface area contributed by atoms with E-state index in [0.29, 0.717) is 11.6 Å². The highest BCUT2D eigenvalue weighted by atomic mass is 32.1. The fraction of sp³-hybridized carbons (Fsp3) is 0.471. The van der Waals surface area contributed by atoms with Gasteiger partial charge in [0.15, 0.2) is 0 Å². The van der Waals surface area contributed by atoms with Crippen LogP contribution in [0.15, 0.2) is 24.3 Å². The van der Waals surface area contributed by atoms with Gasteiger partial charge in [-0.05, 0) is 38.8 Å². The molecule has 2 N–H and O–H groups in total. The van der Waals surface area contributed by atoms with Crippen LogP contribution in [0.25, 0.3) is 0 Å². The minimum Gasteiger partial charge on any atom is -0.377 e. The number of carbonyl (C=O) groups excluding carboxylic acids is 1. The van der Waals surface area contributed by atoms with Gasteiger partial charge in [0.1, 0.15) is 5.01 Å². The number of ether oxygens (including phenoxy) is 1. The van der Waals surface area contributed by atoms with Gasteiger partial charge in [-0.25, -0.2) is 0 Å². The lowest BCUT2D eigenvalue weighted by Crippen LogP contribution is -2.36. The molecule has 24 heavy (non-hydrogen) atoms. The van der Waals surface area contributed by atoms with Crippen LogP contribution in [-0.4, -0.2) is 34.9 Å². The van der Waals surface area contributed by atoms with Gasteiger partial charge in [0, 0.05) is 18.3 Å². The molecule has 1 aromatic heterocycles. The minimum absolute atomic E-state index is 0.227. The molecule has 2 aromatic rings. The zero-order valence-corrected chi connectivity index (χ0v) is 14.7. The molecular formula is C17H22N4O2S. The fourth-order valence-corrected chi connectivity index (χ4v) is 3.30. The van der Waals surface area contributed by atoms with Gasteiger partial charge in [0.05, 0.1) is 12.6 Å². The van der Waals surface area contributed by atoms with Crippen molar-refractivity contribution in [1.29, 1.82) is 0 Å². The number of aryl methyl sites for hydroxylation is 1. The first-order valence-electron chi connectivity index (χ1n) is 8.17. The molecule has 7 heteroatoms. The zero-order valence-electron chi connectivity index (χ0n) is 13.9. The summed E-state index contributed by atoms with van der Waals surface area (Å²) in [6.45, 7) is 5.56. The summed E-state index contributed by atoms with van der Waals surface area (Å²) in [7, 11) is 0. The molecule has 0 radical (unpaired) electrons. The van der Waals surface area contributed by atoms with E-state index in [1.807, 2.05) is 31.2 Å². The van der Waals surface area contributed by atoms with Gasteiger partial charge in [-0.1, -0.05) is 29.0 Å². The number of benzene rings is 1. The Morgan fingerprint density at radius 1 is 1.38 bits per heavy atom. The molecule has 128 valence electrons. The molecular weight excluding hydrogens is 324 g/mol. The molecule has 3 rings (SSSR count). The number of hydrogen-bond acceptors (Lipinski definition) is 6. The third kappa shape index (κ3) is 4.37. The largest absolute Gasteiger partial charge is 0.377 e.